The maximum Gasteiger partial charge on any atom is 0.306 e. The molecule has 1 saturated heterocycles. The number of rotatable bonds is 4. The quantitative estimate of drug-likeness (QED) is 0.492. The summed E-state index contributed by atoms with van der Waals surface area (Å²) in [5, 5.41) is 31.0. The van der Waals surface area contributed by atoms with Crippen molar-refractivity contribution in [2.45, 2.75) is 94.9 Å². The van der Waals surface area contributed by atoms with Crippen LogP contribution in [0, 0.1) is 22.7 Å². The molecule has 5 aliphatic rings. The summed E-state index contributed by atoms with van der Waals surface area (Å²) in [5.74, 6) is -6.11. The number of aliphatic hydroxyl groups excluding tert-OH is 2. The molecule has 204 valence electrons. The molecule has 1 aliphatic heterocycles. The van der Waals surface area contributed by atoms with E-state index in [1.54, 1.807) is 20.8 Å². The molecule has 37 heavy (non-hydrogen) atoms. The van der Waals surface area contributed by atoms with Crippen LogP contribution in [-0.2, 0) is 23.9 Å². The lowest BCUT2D eigenvalue weighted by Gasteiger charge is -2.63. The maximum absolute atomic E-state index is 17.4. The van der Waals surface area contributed by atoms with E-state index in [1.165, 1.54) is 13.0 Å². The first-order valence-corrected chi connectivity index (χ1v) is 12.8. The van der Waals surface area contributed by atoms with Gasteiger partial charge in [-0.05, 0) is 63.7 Å². The molecule has 0 aromatic heterocycles. The Bertz CT molecular complexity index is 1150. The maximum atomic E-state index is 17.4. The number of Topliss-reactive ketones (excluding diaryl/α,β-unsaturated/α-hetero) is 1. The smallest absolute Gasteiger partial charge is 0.306 e. The molecule has 3 saturated carbocycles. The molecule has 3 N–H and O–H groups in total. The molecule has 0 aromatic carbocycles. The normalized spacial score (nSPS) is 48.7. The Balaban J connectivity index is 1.65. The summed E-state index contributed by atoms with van der Waals surface area (Å²) in [6.07, 6.45) is -5.64. The van der Waals surface area contributed by atoms with Crippen molar-refractivity contribution in [2.24, 2.45) is 22.7 Å². The van der Waals surface area contributed by atoms with Crippen molar-refractivity contribution in [3.05, 3.63) is 22.8 Å². The van der Waals surface area contributed by atoms with E-state index in [0.717, 1.165) is 6.08 Å². The zero-order valence-corrected chi connectivity index (χ0v) is 21.7. The van der Waals surface area contributed by atoms with Crippen molar-refractivity contribution >= 4 is 29.1 Å². The number of hydrogen-bond acceptors (Lipinski definition) is 7. The molecule has 0 bridgehead atoms. The Hall–Kier alpha value is -1.72. The number of alkyl halides is 2. The van der Waals surface area contributed by atoms with E-state index in [1.807, 2.05) is 0 Å². The van der Waals surface area contributed by atoms with Crippen molar-refractivity contribution in [3.8, 4) is 0 Å². The fourth-order valence-electron chi connectivity index (χ4n) is 8.30. The van der Waals surface area contributed by atoms with Gasteiger partial charge in [0.15, 0.2) is 28.6 Å². The van der Waals surface area contributed by atoms with Gasteiger partial charge in [-0.3, -0.25) is 14.4 Å². The molecule has 1 heterocycles. The van der Waals surface area contributed by atoms with Crippen molar-refractivity contribution in [3.63, 3.8) is 0 Å². The molecule has 0 aromatic rings. The first-order valence-electron chi connectivity index (χ1n) is 12.4. The topological polar surface area (TPSA) is 130 Å². The summed E-state index contributed by atoms with van der Waals surface area (Å²) in [6, 6.07) is 0. The third kappa shape index (κ3) is 3.22. The highest BCUT2D eigenvalue weighted by molar-refractivity contribution is 6.44. The summed E-state index contributed by atoms with van der Waals surface area (Å²) in [5.41, 5.74) is -7.48. The van der Waals surface area contributed by atoms with Gasteiger partial charge in [0.1, 0.15) is 12.3 Å². The van der Waals surface area contributed by atoms with Gasteiger partial charge < -0.3 is 24.8 Å². The van der Waals surface area contributed by atoms with Crippen LogP contribution in [0.3, 0.4) is 0 Å². The van der Waals surface area contributed by atoms with E-state index in [2.05, 4.69) is 0 Å². The monoisotopic (exact) mass is 544 g/mol. The van der Waals surface area contributed by atoms with Crippen LogP contribution in [0.2, 0.25) is 0 Å². The second kappa shape index (κ2) is 7.91. The van der Waals surface area contributed by atoms with E-state index in [9.17, 15) is 29.7 Å². The minimum atomic E-state index is -2.44. The molecule has 0 radical (unpaired) electrons. The lowest BCUT2D eigenvalue weighted by molar-refractivity contribution is -0.250. The standard InChI is InChI=1S/C26H31ClF2O8/c1-22(2)36-19-7-11-12-5-15(28)13-6-16(30)14(27)9-23(13,3)25(12,29)18(32)10-24(11,4)26(19,37-22)21(35)17(31)8-20(33)34/h6,9,11-12,15,17-19,31-32H,5,7-8,10H2,1-4H3,(H,33,34)/t11-,12-,15-,17?,18-,19?,23-,24-,25-,26-/m0/s1. The number of carbonyl (C=O) groups excluding carboxylic acids is 2. The number of ether oxygens (including phenoxy) is 2. The van der Waals surface area contributed by atoms with Crippen LogP contribution in [0.1, 0.15) is 53.4 Å². The summed E-state index contributed by atoms with van der Waals surface area (Å²) in [4.78, 5) is 37.3. The predicted molar refractivity (Wildman–Crippen MR) is 125 cm³/mol. The van der Waals surface area contributed by atoms with E-state index < -0.39 is 88.2 Å². The molecule has 4 aliphatic carbocycles. The molecule has 2 unspecified atom stereocenters. The number of carboxylic acids is 1. The first kappa shape index (κ1) is 26.9. The van der Waals surface area contributed by atoms with E-state index in [0.29, 0.717) is 0 Å². The van der Waals surface area contributed by atoms with Gasteiger partial charge in [0.05, 0.1) is 23.7 Å². The molecule has 5 rings (SSSR count). The predicted octanol–water partition coefficient (Wildman–Crippen LogP) is 2.78. The lowest BCUT2D eigenvalue weighted by atomic mass is 9.44. The lowest BCUT2D eigenvalue weighted by Crippen LogP contribution is -2.71. The molecule has 8 nitrogen and oxygen atoms in total. The minimum Gasteiger partial charge on any atom is -0.481 e. The second-order valence-corrected chi connectivity index (χ2v) is 12.4. The molecule has 10 atom stereocenters. The third-order valence-electron chi connectivity index (χ3n) is 9.72. The van der Waals surface area contributed by atoms with Crippen LogP contribution < -0.4 is 0 Å². The van der Waals surface area contributed by atoms with Crippen molar-refractivity contribution in [1.29, 1.82) is 0 Å². The van der Waals surface area contributed by atoms with Gasteiger partial charge in [0.25, 0.3) is 0 Å². The number of hydrogen-bond donors (Lipinski definition) is 3. The van der Waals surface area contributed by atoms with Gasteiger partial charge in [-0.1, -0.05) is 18.5 Å². The highest BCUT2D eigenvalue weighted by atomic mass is 35.5. The summed E-state index contributed by atoms with van der Waals surface area (Å²) >= 11 is 6.09. The van der Waals surface area contributed by atoms with Crippen LogP contribution in [0.25, 0.3) is 0 Å². The fourth-order valence-corrected chi connectivity index (χ4v) is 8.57. The first-order chi connectivity index (χ1) is 16.9. The van der Waals surface area contributed by atoms with E-state index in [4.69, 9.17) is 21.1 Å². The van der Waals surface area contributed by atoms with Gasteiger partial charge in [0.2, 0.25) is 0 Å². The number of aliphatic carboxylic acids is 1. The van der Waals surface area contributed by atoms with E-state index in [-0.39, 0.29) is 29.9 Å². The Kier molecular flexibility index (Phi) is 5.74. The number of ketones is 2. The second-order valence-electron chi connectivity index (χ2n) is 12.0. The average molecular weight is 545 g/mol. The largest absolute Gasteiger partial charge is 0.481 e. The van der Waals surface area contributed by atoms with E-state index >= 15 is 8.78 Å². The van der Waals surface area contributed by atoms with Gasteiger partial charge in [-0.2, -0.15) is 0 Å². The molecule has 0 amide bonds. The highest BCUT2D eigenvalue weighted by Gasteiger charge is 2.81. The van der Waals surface area contributed by atoms with Crippen LogP contribution in [0.4, 0.5) is 8.78 Å². The van der Waals surface area contributed by atoms with Gasteiger partial charge >= 0.3 is 5.97 Å². The van der Waals surface area contributed by atoms with Crippen LogP contribution in [-0.4, -0.2) is 74.4 Å². The molecular formula is C26H31ClF2O8. The third-order valence-corrected chi connectivity index (χ3v) is 10.0. The summed E-state index contributed by atoms with van der Waals surface area (Å²) in [6.45, 7) is 6.19. The fraction of sp³-hybridized carbons (Fsp3) is 0.731. The van der Waals surface area contributed by atoms with Crippen molar-refractivity contribution in [1.82, 2.24) is 0 Å². The molecular weight excluding hydrogens is 514 g/mol. The zero-order valence-electron chi connectivity index (χ0n) is 21.0. The van der Waals surface area contributed by atoms with Gasteiger partial charge in [-0.25, -0.2) is 8.78 Å². The summed E-state index contributed by atoms with van der Waals surface area (Å²) in [7, 11) is 0. The minimum absolute atomic E-state index is 0.0622. The number of carboxylic acid groups (broad SMARTS) is 1. The molecule has 0 spiro atoms. The van der Waals surface area contributed by atoms with Gasteiger partial charge in [-0.15, -0.1) is 0 Å². The molecule has 4 fully saturated rings. The van der Waals surface area contributed by atoms with Crippen LogP contribution >= 0.6 is 11.6 Å². The molecule has 11 heteroatoms. The number of aliphatic hydroxyl groups is 2. The Labute approximate surface area is 217 Å². The number of halogens is 3. The Morgan fingerprint density at radius 3 is 2.49 bits per heavy atom. The van der Waals surface area contributed by atoms with Crippen molar-refractivity contribution in [2.75, 3.05) is 0 Å². The SMILES string of the molecule is CC1(C)OC2C[C@H]3[C@@H]4C[C@H](F)C5=CC(=O)C(Cl)=C[C@]5(C)[C@@]4(F)[C@@H](O)C[C@]3(C)[C@]2(C(=O)C(O)CC(=O)O)O1. The van der Waals surface area contributed by atoms with Gasteiger partial charge in [0, 0.05) is 16.7 Å². The highest BCUT2D eigenvalue weighted by Crippen LogP contribution is 2.72. The number of allylic oxidation sites excluding steroid dienone is 4. The summed E-state index contributed by atoms with van der Waals surface area (Å²) < 4.78 is 45.4. The Morgan fingerprint density at radius 2 is 1.86 bits per heavy atom. The Morgan fingerprint density at radius 1 is 1.22 bits per heavy atom. The van der Waals surface area contributed by atoms with Crippen LogP contribution in [0.15, 0.2) is 22.8 Å². The average Bonchev–Trinajstić information content (AvgIpc) is 3.17. The van der Waals surface area contributed by atoms with Crippen molar-refractivity contribution < 1.29 is 48.0 Å². The number of carbonyl (C=O) groups is 3. The zero-order chi connectivity index (χ0) is 27.5. The number of fused-ring (bicyclic) bond motifs is 7. The van der Waals surface area contributed by atoms with Crippen LogP contribution in [0.5, 0.6) is 0 Å².